The number of nitrogens with zero attached hydrogens (tertiary/aromatic N) is 1. The smallest absolute Gasteiger partial charge is 0.234 e. The molecule has 0 spiro atoms. The first-order chi connectivity index (χ1) is 8.13. The van der Waals surface area contributed by atoms with Gasteiger partial charge in [-0.05, 0) is 12.1 Å². The van der Waals surface area contributed by atoms with Crippen LogP contribution in [0.5, 0.6) is 0 Å². The van der Waals surface area contributed by atoms with Crippen LogP contribution in [0.4, 0.5) is 5.69 Å². The Morgan fingerprint density at radius 2 is 1.88 bits per heavy atom. The molecule has 88 valence electrons. The van der Waals surface area contributed by atoms with Crippen LogP contribution in [0.25, 0.3) is 0 Å². The van der Waals surface area contributed by atoms with Crippen molar-refractivity contribution < 1.29 is 14.4 Å². The maximum atomic E-state index is 11.6. The van der Waals surface area contributed by atoms with Gasteiger partial charge in [-0.2, -0.15) is 0 Å². The molecule has 1 aromatic rings. The van der Waals surface area contributed by atoms with E-state index in [0.717, 1.165) is 4.90 Å². The van der Waals surface area contributed by atoms with Crippen molar-refractivity contribution in [1.29, 1.82) is 0 Å². The zero-order valence-corrected chi connectivity index (χ0v) is 9.60. The molecule has 0 aromatic heterocycles. The second kappa shape index (κ2) is 4.49. The van der Waals surface area contributed by atoms with Gasteiger partial charge in [0.1, 0.15) is 0 Å². The van der Waals surface area contributed by atoms with Crippen molar-refractivity contribution in [3.63, 3.8) is 0 Å². The fraction of sp³-hybridized carbons (Fsp3) is 0.308. The van der Waals surface area contributed by atoms with Crippen molar-refractivity contribution in [2.24, 2.45) is 0 Å². The third-order valence-corrected chi connectivity index (χ3v) is 2.80. The van der Waals surface area contributed by atoms with Gasteiger partial charge in [0, 0.05) is 24.8 Å². The molecule has 0 bridgehead atoms. The highest BCUT2D eigenvalue weighted by molar-refractivity contribution is 6.20. The van der Waals surface area contributed by atoms with E-state index >= 15 is 0 Å². The van der Waals surface area contributed by atoms with Crippen LogP contribution >= 0.6 is 0 Å². The second-order valence-corrected chi connectivity index (χ2v) is 3.95. The summed E-state index contributed by atoms with van der Waals surface area (Å²) in [5, 5.41) is 0. The molecular weight excluding hydrogens is 218 g/mol. The molecule has 0 unspecified atom stereocenters. The standard InChI is InChI=1S/C13H13NO3/c1-2-11(15)9-4-3-5-10(8-9)14-12(16)6-7-13(14)17/h3-5,8H,2,6-7H2,1H3. The third-order valence-electron chi connectivity index (χ3n) is 2.80. The average Bonchev–Trinajstić information content (AvgIpc) is 2.68. The molecule has 1 heterocycles. The lowest BCUT2D eigenvalue weighted by molar-refractivity contribution is -0.121. The van der Waals surface area contributed by atoms with E-state index in [1.54, 1.807) is 31.2 Å². The molecule has 2 rings (SSSR count). The summed E-state index contributed by atoms with van der Waals surface area (Å²) in [5.74, 6) is -0.391. The summed E-state index contributed by atoms with van der Waals surface area (Å²) in [6, 6.07) is 6.66. The number of hydrogen-bond donors (Lipinski definition) is 0. The minimum absolute atomic E-state index is 0.00550. The fourth-order valence-electron chi connectivity index (χ4n) is 1.89. The Bertz CT molecular complexity index is 477. The summed E-state index contributed by atoms with van der Waals surface area (Å²) in [4.78, 5) is 35.8. The summed E-state index contributed by atoms with van der Waals surface area (Å²) >= 11 is 0. The molecule has 1 fully saturated rings. The summed E-state index contributed by atoms with van der Waals surface area (Å²) < 4.78 is 0. The topological polar surface area (TPSA) is 54.5 Å². The van der Waals surface area contributed by atoms with Gasteiger partial charge in [-0.25, -0.2) is 0 Å². The first-order valence-corrected chi connectivity index (χ1v) is 5.62. The van der Waals surface area contributed by atoms with Gasteiger partial charge in [0.25, 0.3) is 0 Å². The van der Waals surface area contributed by atoms with Gasteiger partial charge < -0.3 is 0 Å². The SMILES string of the molecule is CCC(=O)c1cccc(N2C(=O)CCC2=O)c1. The van der Waals surface area contributed by atoms with Crippen molar-refractivity contribution in [2.75, 3.05) is 4.90 Å². The van der Waals surface area contributed by atoms with Crippen molar-refractivity contribution in [3.05, 3.63) is 29.8 Å². The van der Waals surface area contributed by atoms with E-state index in [0.29, 0.717) is 17.7 Å². The van der Waals surface area contributed by atoms with Crippen LogP contribution in [0, 0.1) is 0 Å². The lowest BCUT2D eigenvalue weighted by Crippen LogP contribution is -2.28. The van der Waals surface area contributed by atoms with E-state index in [-0.39, 0.29) is 30.4 Å². The van der Waals surface area contributed by atoms with Crippen LogP contribution in [0.2, 0.25) is 0 Å². The van der Waals surface area contributed by atoms with Gasteiger partial charge in [-0.15, -0.1) is 0 Å². The molecule has 2 amide bonds. The van der Waals surface area contributed by atoms with Crippen LogP contribution < -0.4 is 4.90 Å². The van der Waals surface area contributed by atoms with E-state index in [1.807, 2.05) is 0 Å². The van der Waals surface area contributed by atoms with Crippen molar-refractivity contribution >= 4 is 23.3 Å². The number of ketones is 1. The largest absolute Gasteiger partial charge is 0.294 e. The normalized spacial score (nSPS) is 15.5. The number of hydrogen-bond acceptors (Lipinski definition) is 3. The number of imide groups is 1. The van der Waals surface area contributed by atoms with Gasteiger partial charge in [-0.3, -0.25) is 19.3 Å². The van der Waals surface area contributed by atoms with Gasteiger partial charge in [0.15, 0.2) is 5.78 Å². The molecule has 0 atom stereocenters. The Labute approximate surface area is 99.2 Å². The van der Waals surface area contributed by atoms with Gasteiger partial charge in [0.2, 0.25) is 11.8 Å². The third kappa shape index (κ3) is 2.11. The Hall–Kier alpha value is -1.97. The summed E-state index contributed by atoms with van der Waals surface area (Å²) in [7, 11) is 0. The number of anilines is 1. The van der Waals surface area contributed by atoms with Crippen molar-refractivity contribution in [2.45, 2.75) is 26.2 Å². The lowest BCUT2D eigenvalue weighted by atomic mass is 10.1. The average molecular weight is 231 g/mol. The summed E-state index contributed by atoms with van der Waals surface area (Å²) in [5.41, 5.74) is 1.04. The van der Waals surface area contributed by atoms with Crippen LogP contribution in [-0.4, -0.2) is 17.6 Å². The lowest BCUT2D eigenvalue weighted by Gasteiger charge is -2.14. The zero-order chi connectivity index (χ0) is 12.4. The van der Waals surface area contributed by atoms with E-state index in [2.05, 4.69) is 0 Å². The first kappa shape index (κ1) is 11.5. The van der Waals surface area contributed by atoms with Crippen LogP contribution in [0.3, 0.4) is 0 Å². The van der Waals surface area contributed by atoms with E-state index in [4.69, 9.17) is 0 Å². The molecule has 0 saturated carbocycles. The van der Waals surface area contributed by atoms with Crippen molar-refractivity contribution in [3.8, 4) is 0 Å². The molecule has 1 saturated heterocycles. The van der Waals surface area contributed by atoms with Gasteiger partial charge in [0.05, 0.1) is 5.69 Å². The molecule has 1 aromatic carbocycles. The Morgan fingerprint density at radius 1 is 1.24 bits per heavy atom. The number of carbonyl (C=O) groups excluding carboxylic acids is 3. The highest BCUT2D eigenvalue weighted by Crippen LogP contribution is 2.23. The minimum atomic E-state index is -0.198. The maximum absolute atomic E-state index is 11.6. The predicted octanol–water partition coefficient (Wildman–Crippen LogP) is 1.93. The summed E-state index contributed by atoms with van der Waals surface area (Å²) in [6.07, 6.45) is 0.918. The molecule has 4 nitrogen and oxygen atoms in total. The molecule has 0 N–H and O–H groups in total. The van der Waals surface area contributed by atoms with E-state index in [9.17, 15) is 14.4 Å². The quantitative estimate of drug-likeness (QED) is 0.590. The van der Waals surface area contributed by atoms with Crippen LogP contribution in [-0.2, 0) is 9.59 Å². The number of Topliss-reactive ketones (excluding diaryl/α,β-unsaturated/α-hetero) is 1. The number of carbonyl (C=O) groups is 3. The predicted molar refractivity (Wildman–Crippen MR) is 62.8 cm³/mol. The zero-order valence-electron chi connectivity index (χ0n) is 9.60. The Morgan fingerprint density at radius 3 is 2.47 bits per heavy atom. The number of rotatable bonds is 3. The molecule has 1 aliphatic heterocycles. The molecule has 17 heavy (non-hydrogen) atoms. The second-order valence-electron chi connectivity index (χ2n) is 3.95. The van der Waals surface area contributed by atoms with Gasteiger partial charge in [-0.1, -0.05) is 19.1 Å². The van der Waals surface area contributed by atoms with Gasteiger partial charge >= 0.3 is 0 Å². The Balaban J connectivity index is 2.36. The van der Waals surface area contributed by atoms with Crippen LogP contribution in [0.15, 0.2) is 24.3 Å². The molecule has 4 heteroatoms. The molecule has 1 aliphatic rings. The molecule has 0 aliphatic carbocycles. The number of amides is 2. The molecular formula is C13H13NO3. The number of benzene rings is 1. The fourth-order valence-corrected chi connectivity index (χ4v) is 1.89. The van der Waals surface area contributed by atoms with E-state index < -0.39 is 0 Å². The summed E-state index contributed by atoms with van der Waals surface area (Å²) in [6.45, 7) is 1.78. The van der Waals surface area contributed by atoms with E-state index in [1.165, 1.54) is 0 Å². The van der Waals surface area contributed by atoms with Crippen LogP contribution in [0.1, 0.15) is 36.5 Å². The minimum Gasteiger partial charge on any atom is -0.294 e. The highest BCUT2D eigenvalue weighted by atomic mass is 16.2. The maximum Gasteiger partial charge on any atom is 0.234 e. The monoisotopic (exact) mass is 231 g/mol. The first-order valence-electron chi connectivity index (χ1n) is 5.62. The Kier molecular flexibility index (Phi) is 3.04. The van der Waals surface area contributed by atoms with Crippen molar-refractivity contribution in [1.82, 2.24) is 0 Å². The highest BCUT2D eigenvalue weighted by Gasteiger charge is 2.30. The molecule has 0 radical (unpaired) electrons.